The summed E-state index contributed by atoms with van der Waals surface area (Å²) in [6.07, 6.45) is 3.70. The number of hydrogen-bond acceptors (Lipinski definition) is 7. The Morgan fingerprint density at radius 1 is 1.10 bits per heavy atom. The maximum atomic E-state index is 9.10. The molecule has 156 valence electrons. The molecule has 9 heteroatoms. The molecule has 1 aromatic carbocycles. The van der Waals surface area contributed by atoms with Gasteiger partial charge in [0.25, 0.3) is 0 Å². The van der Waals surface area contributed by atoms with Crippen LogP contribution in [0, 0.1) is 0 Å². The van der Waals surface area contributed by atoms with Crippen LogP contribution in [0.5, 0.6) is 17.2 Å². The average molecular weight is 421 g/mol. The van der Waals surface area contributed by atoms with Gasteiger partial charge in [-0.05, 0) is 49.5 Å². The van der Waals surface area contributed by atoms with E-state index in [-0.39, 0.29) is 12.9 Å². The van der Waals surface area contributed by atoms with Gasteiger partial charge in [0.2, 0.25) is 12.5 Å². The van der Waals surface area contributed by atoms with Gasteiger partial charge in [0.15, 0.2) is 11.5 Å². The summed E-state index contributed by atoms with van der Waals surface area (Å²) in [5.74, 6) is -1.37. The Balaban J connectivity index is 0.000000353. The van der Waals surface area contributed by atoms with Crippen molar-refractivity contribution in [3.05, 3.63) is 40.6 Å². The van der Waals surface area contributed by atoms with Crippen molar-refractivity contribution < 1.29 is 34.0 Å². The molecule has 1 fully saturated rings. The molecule has 2 aliphatic rings. The smallest absolute Gasteiger partial charge is 0.414 e. The van der Waals surface area contributed by atoms with Crippen LogP contribution in [0.4, 0.5) is 0 Å². The number of benzene rings is 1. The molecule has 1 saturated heterocycles. The summed E-state index contributed by atoms with van der Waals surface area (Å²) in [6, 6.07) is 10.1. The lowest BCUT2D eigenvalue weighted by Gasteiger charge is -2.22. The molecule has 29 heavy (non-hydrogen) atoms. The van der Waals surface area contributed by atoms with Gasteiger partial charge in [0, 0.05) is 17.8 Å². The number of likely N-dealkylation sites (tertiary alicyclic amines) is 1. The second kappa shape index (κ2) is 10.1. The summed E-state index contributed by atoms with van der Waals surface area (Å²) in [4.78, 5) is 22.0. The minimum Gasteiger partial charge on any atom is -0.481 e. The van der Waals surface area contributed by atoms with E-state index in [0.717, 1.165) is 30.2 Å². The zero-order valence-corrected chi connectivity index (χ0v) is 16.6. The first kappa shape index (κ1) is 20.9. The number of thiophene rings is 1. The fourth-order valence-corrected chi connectivity index (χ4v) is 3.98. The van der Waals surface area contributed by atoms with Crippen LogP contribution in [0.2, 0.25) is 0 Å². The highest BCUT2D eigenvalue weighted by Gasteiger charge is 2.23. The van der Waals surface area contributed by atoms with Crippen molar-refractivity contribution in [2.75, 3.05) is 26.4 Å². The Morgan fingerprint density at radius 2 is 1.86 bits per heavy atom. The van der Waals surface area contributed by atoms with Crippen molar-refractivity contribution in [3.8, 4) is 17.2 Å². The fraction of sp³-hybridized carbons (Fsp3) is 0.400. The number of para-hydroxylation sites is 1. The topological polar surface area (TPSA) is 106 Å². The molecule has 0 saturated carbocycles. The van der Waals surface area contributed by atoms with Gasteiger partial charge in [-0.2, -0.15) is 0 Å². The van der Waals surface area contributed by atoms with E-state index in [4.69, 9.17) is 34.0 Å². The first-order chi connectivity index (χ1) is 14.0. The molecule has 0 amide bonds. The van der Waals surface area contributed by atoms with Gasteiger partial charge in [-0.3, -0.25) is 0 Å². The van der Waals surface area contributed by atoms with Crippen LogP contribution in [0.3, 0.4) is 0 Å². The zero-order valence-electron chi connectivity index (χ0n) is 15.8. The summed E-state index contributed by atoms with van der Waals surface area (Å²) < 4.78 is 17.4. The number of carbonyl (C=O) groups is 2. The third-order valence-electron chi connectivity index (χ3n) is 4.58. The average Bonchev–Trinajstić information content (AvgIpc) is 3.48. The molecule has 4 rings (SSSR count). The van der Waals surface area contributed by atoms with E-state index < -0.39 is 11.9 Å². The summed E-state index contributed by atoms with van der Waals surface area (Å²) in [5.41, 5.74) is 0. The molecule has 1 aromatic heterocycles. The predicted octanol–water partition coefficient (Wildman–Crippen LogP) is 3.24. The number of aliphatic carboxylic acids is 2. The number of rotatable bonds is 6. The molecule has 0 bridgehead atoms. The molecule has 2 aliphatic heterocycles. The van der Waals surface area contributed by atoms with Gasteiger partial charge < -0.3 is 29.3 Å². The highest BCUT2D eigenvalue weighted by atomic mass is 32.1. The summed E-state index contributed by atoms with van der Waals surface area (Å²) >= 11 is 1.75. The minimum absolute atomic E-state index is 0.0614. The van der Waals surface area contributed by atoms with Crippen molar-refractivity contribution >= 4 is 23.3 Å². The SMILES string of the molecule is O=C(O)C(=O)O.c1csc(C(CCN2CCCC2)Oc2cccc3c2OCO3)c1. The molecule has 1 atom stereocenters. The number of hydrogen-bond donors (Lipinski definition) is 2. The second-order valence-corrected chi connectivity index (χ2v) is 7.54. The molecular weight excluding hydrogens is 398 g/mol. The lowest BCUT2D eigenvalue weighted by atomic mass is 10.2. The summed E-state index contributed by atoms with van der Waals surface area (Å²) in [7, 11) is 0. The van der Waals surface area contributed by atoms with Gasteiger partial charge in [-0.25, -0.2) is 9.59 Å². The van der Waals surface area contributed by atoms with Gasteiger partial charge in [-0.1, -0.05) is 12.1 Å². The van der Waals surface area contributed by atoms with E-state index in [1.165, 1.54) is 30.8 Å². The van der Waals surface area contributed by atoms with Gasteiger partial charge in [0.1, 0.15) is 6.10 Å². The quantitative estimate of drug-likeness (QED) is 0.685. The molecule has 0 radical (unpaired) electrons. The normalized spacial score (nSPS) is 16.0. The molecule has 1 unspecified atom stereocenters. The predicted molar refractivity (Wildman–Crippen MR) is 106 cm³/mol. The number of carboxylic acid groups (broad SMARTS) is 2. The van der Waals surface area contributed by atoms with Crippen LogP contribution in [0.25, 0.3) is 0 Å². The first-order valence-electron chi connectivity index (χ1n) is 9.32. The number of ether oxygens (including phenoxy) is 3. The number of fused-ring (bicyclic) bond motifs is 1. The molecule has 0 aliphatic carbocycles. The first-order valence-corrected chi connectivity index (χ1v) is 10.2. The van der Waals surface area contributed by atoms with Crippen LogP contribution in [-0.4, -0.2) is 53.5 Å². The third-order valence-corrected chi connectivity index (χ3v) is 5.54. The van der Waals surface area contributed by atoms with E-state index in [9.17, 15) is 0 Å². The van der Waals surface area contributed by atoms with Gasteiger partial charge in [-0.15, -0.1) is 11.3 Å². The van der Waals surface area contributed by atoms with Crippen LogP contribution in [0.1, 0.15) is 30.2 Å². The molecule has 0 spiro atoms. The molecule has 2 N–H and O–H groups in total. The summed E-state index contributed by atoms with van der Waals surface area (Å²) in [6.45, 7) is 3.78. The second-order valence-electron chi connectivity index (χ2n) is 6.56. The van der Waals surface area contributed by atoms with Crippen LogP contribution in [-0.2, 0) is 9.59 Å². The van der Waals surface area contributed by atoms with Gasteiger partial charge >= 0.3 is 11.9 Å². The van der Waals surface area contributed by atoms with Crippen LogP contribution >= 0.6 is 11.3 Å². The maximum absolute atomic E-state index is 9.10. The molecule has 2 aromatic rings. The summed E-state index contributed by atoms with van der Waals surface area (Å²) in [5, 5.41) is 16.9. The van der Waals surface area contributed by atoms with E-state index >= 15 is 0 Å². The Morgan fingerprint density at radius 3 is 2.52 bits per heavy atom. The monoisotopic (exact) mass is 421 g/mol. The Hall–Kier alpha value is -2.78. The van der Waals surface area contributed by atoms with E-state index in [0.29, 0.717) is 0 Å². The van der Waals surface area contributed by atoms with E-state index in [2.05, 4.69) is 22.4 Å². The molecule has 8 nitrogen and oxygen atoms in total. The van der Waals surface area contributed by atoms with E-state index in [1.807, 2.05) is 18.2 Å². The maximum Gasteiger partial charge on any atom is 0.414 e. The lowest BCUT2D eigenvalue weighted by molar-refractivity contribution is -0.159. The Bertz CT molecular complexity index is 806. The van der Waals surface area contributed by atoms with Crippen LogP contribution < -0.4 is 14.2 Å². The van der Waals surface area contributed by atoms with Crippen molar-refractivity contribution in [1.29, 1.82) is 0 Å². The standard InChI is InChI=1S/C18H21NO3S.C2H2O4/c1-2-10-19(9-1)11-8-14(17-7-4-12-23-17)22-16-6-3-5-15-18(16)21-13-20-15;3-1(4)2(5)6/h3-7,12,14H,1-2,8-11,13H2;(H,3,4)(H,5,6). The highest BCUT2D eigenvalue weighted by molar-refractivity contribution is 7.10. The molecular formula is C20H23NO7S. The van der Waals surface area contributed by atoms with Gasteiger partial charge in [0.05, 0.1) is 0 Å². The van der Waals surface area contributed by atoms with Crippen LogP contribution in [0.15, 0.2) is 35.7 Å². The van der Waals surface area contributed by atoms with E-state index in [1.54, 1.807) is 11.3 Å². The van der Waals surface area contributed by atoms with Crippen molar-refractivity contribution in [2.24, 2.45) is 0 Å². The minimum atomic E-state index is -1.82. The molecule has 3 heterocycles. The largest absolute Gasteiger partial charge is 0.481 e. The van der Waals surface area contributed by atoms with Crippen molar-refractivity contribution in [2.45, 2.75) is 25.4 Å². The number of carboxylic acids is 2. The zero-order chi connectivity index (χ0) is 20.6. The fourth-order valence-electron chi connectivity index (χ4n) is 3.19. The highest BCUT2D eigenvalue weighted by Crippen LogP contribution is 2.43. The Labute approximate surface area is 172 Å². The van der Waals surface area contributed by atoms with Crippen molar-refractivity contribution in [3.63, 3.8) is 0 Å². The third kappa shape index (κ3) is 5.85. The Kier molecular flexibility index (Phi) is 7.31. The lowest BCUT2D eigenvalue weighted by Crippen LogP contribution is -2.23. The van der Waals surface area contributed by atoms with Crippen molar-refractivity contribution in [1.82, 2.24) is 4.90 Å². The number of nitrogens with zero attached hydrogens (tertiary/aromatic N) is 1.